The number of thiophene rings is 1. The van der Waals surface area contributed by atoms with Gasteiger partial charge in [-0.1, -0.05) is 29.8 Å². The van der Waals surface area contributed by atoms with E-state index < -0.39 is 0 Å². The molecule has 0 atom stereocenters. The summed E-state index contributed by atoms with van der Waals surface area (Å²) in [5, 5.41) is 16.0. The normalized spacial score (nSPS) is 12.7. The first kappa shape index (κ1) is 19.1. The van der Waals surface area contributed by atoms with Crippen molar-refractivity contribution in [2.45, 2.75) is 6.42 Å². The lowest BCUT2D eigenvalue weighted by atomic mass is 10.0. The van der Waals surface area contributed by atoms with E-state index in [1.807, 2.05) is 30.5 Å². The predicted molar refractivity (Wildman–Crippen MR) is 126 cm³/mol. The van der Waals surface area contributed by atoms with E-state index in [0.29, 0.717) is 23.4 Å². The second kappa shape index (κ2) is 7.51. The van der Waals surface area contributed by atoms with Crippen molar-refractivity contribution in [3.8, 4) is 43.7 Å². The number of aromatic amines is 1. The van der Waals surface area contributed by atoms with Gasteiger partial charge in [-0.2, -0.15) is 5.10 Å². The Hall–Kier alpha value is -3.62. The number of rotatable bonds is 3. The van der Waals surface area contributed by atoms with Gasteiger partial charge in [-0.25, -0.2) is 0 Å². The summed E-state index contributed by atoms with van der Waals surface area (Å²) in [6.07, 6.45) is 4.48. The zero-order valence-electron chi connectivity index (χ0n) is 16.7. The molecule has 9 heteroatoms. The summed E-state index contributed by atoms with van der Waals surface area (Å²) in [5.41, 5.74) is 11.3. The number of nitrogens with two attached hydrogens (primary N) is 1. The number of nitrogens with zero attached hydrogens (tertiary/aromatic N) is 4. The first-order chi connectivity index (χ1) is 15.7. The molecule has 7 nitrogen and oxygen atoms in total. The number of H-pyrrole nitrogens is 1. The van der Waals surface area contributed by atoms with Crippen molar-refractivity contribution in [1.82, 2.24) is 25.0 Å². The van der Waals surface area contributed by atoms with E-state index in [1.54, 1.807) is 22.1 Å². The van der Waals surface area contributed by atoms with Crippen LogP contribution in [0, 0.1) is 0 Å². The Morgan fingerprint density at radius 1 is 1.09 bits per heavy atom. The van der Waals surface area contributed by atoms with Crippen LogP contribution in [-0.2, 0) is 6.42 Å². The minimum Gasteiger partial charge on any atom is -0.493 e. The number of nitrogen functional groups attached to an aromatic ring is 1. The number of fused-ring (bicyclic) bond motifs is 3. The van der Waals surface area contributed by atoms with Crippen LogP contribution < -0.4 is 10.5 Å². The Labute approximate surface area is 192 Å². The monoisotopic (exact) mass is 460 g/mol. The highest BCUT2D eigenvalue weighted by atomic mass is 35.5. The molecule has 0 radical (unpaired) electrons. The molecule has 2 aromatic carbocycles. The minimum absolute atomic E-state index is 0.296. The van der Waals surface area contributed by atoms with Crippen molar-refractivity contribution in [1.29, 1.82) is 0 Å². The molecule has 0 saturated carbocycles. The molecule has 0 aliphatic carbocycles. The van der Waals surface area contributed by atoms with Crippen LogP contribution in [0.5, 0.6) is 5.75 Å². The molecular weight excluding hydrogens is 444 g/mol. The Kier molecular flexibility index (Phi) is 4.48. The van der Waals surface area contributed by atoms with E-state index in [-0.39, 0.29) is 0 Å². The summed E-state index contributed by atoms with van der Waals surface area (Å²) in [6, 6.07) is 16.0. The number of aromatic nitrogens is 5. The molecule has 6 rings (SSSR count). The molecule has 0 unspecified atom stereocenters. The second-order valence-electron chi connectivity index (χ2n) is 7.43. The third-order valence-electron chi connectivity index (χ3n) is 5.50. The highest BCUT2D eigenvalue weighted by Gasteiger charge is 2.23. The molecule has 1 aliphatic heterocycles. The number of nitrogens with one attached hydrogen (secondary N) is 1. The Morgan fingerprint density at radius 3 is 2.84 bits per heavy atom. The van der Waals surface area contributed by atoms with Crippen molar-refractivity contribution in [2.24, 2.45) is 0 Å². The highest BCUT2D eigenvalue weighted by molar-refractivity contribution is 7.19. The standard InChI is InChI=1S/C23H17ClN6OS/c24-17-3-1-2-4-18(17)30-22(28-29-23(30)25)20-10-14-7-8-31-19-9-13(15-11-26-27-12-15)5-6-16(19)21(14)32-20/h1-6,9-12H,7-8H2,(H2,25,29)(H,26,27). The van der Waals surface area contributed by atoms with Crippen LogP contribution >= 0.6 is 22.9 Å². The van der Waals surface area contributed by atoms with Gasteiger partial charge in [0.1, 0.15) is 5.75 Å². The van der Waals surface area contributed by atoms with Crippen LogP contribution in [0.4, 0.5) is 5.95 Å². The minimum atomic E-state index is 0.296. The third kappa shape index (κ3) is 3.07. The van der Waals surface area contributed by atoms with Crippen LogP contribution in [-0.4, -0.2) is 31.6 Å². The predicted octanol–water partition coefficient (Wildman–Crippen LogP) is 5.22. The van der Waals surface area contributed by atoms with E-state index in [9.17, 15) is 0 Å². The average molecular weight is 461 g/mol. The molecule has 0 amide bonds. The van der Waals surface area contributed by atoms with Gasteiger partial charge >= 0.3 is 0 Å². The number of hydrogen-bond acceptors (Lipinski definition) is 6. The number of para-hydroxylation sites is 1. The number of anilines is 1. The highest BCUT2D eigenvalue weighted by Crippen LogP contribution is 2.45. The molecule has 5 aromatic rings. The quantitative estimate of drug-likeness (QED) is 0.384. The lowest BCUT2D eigenvalue weighted by Gasteiger charge is -2.10. The van der Waals surface area contributed by atoms with Crippen LogP contribution in [0.1, 0.15) is 5.56 Å². The topological polar surface area (TPSA) is 94.6 Å². The second-order valence-corrected chi connectivity index (χ2v) is 8.89. The van der Waals surface area contributed by atoms with Crippen LogP contribution in [0.2, 0.25) is 5.02 Å². The Bertz CT molecular complexity index is 1440. The molecule has 32 heavy (non-hydrogen) atoms. The maximum absolute atomic E-state index is 6.44. The molecule has 3 aromatic heterocycles. The van der Waals surface area contributed by atoms with Crippen LogP contribution in [0.15, 0.2) is 60.9 Å². The van der Waals surface area contributed by atoms with E-state index in [1.165, 1.54) is 10.4 Å². The lowest BCUT2D eigenvalue weighted by molar-refractivity contribution is 0.326. The fraction of sp³-hybridized carbons (Fsp3) is 0.0870. The zero-order valence-corrected chi connectivity index (χ0v) is 18.3. The Morgan fingerprint density at radius 2 is 2.00 bits per heavy atom. The van der Waals surface area contributed by atoms with Gasteiger partial charge in [-0.05, 0) is 41.5 Å². The molecule has 1 aliphatic rings. The molecule has 4 heterocycles. The average Bonchev–Trinajstić information content (AvgIpc) is 3.53. The van der Waals surface area contributed by atoms with Gasteiger partial charge in [-0.3, -0.25) is 9.67 Å². The van der Waals surface area contributed by atoms with E-state index in [0.717, 1.165) is 39.4 Å². The van der Waals surface area contributed by atoms with Gasteiger partial charge in [0.2, 0.25) is 5.95 Å². The fourth-order valence-corrected chi connectivity index (χ4v) is 5.40. The molecule has 0 fully saturated rings. The molecule has 0 bridgehead atoms. The lowest BCUT2D eigenvalue weighted by Crippen LogP contribution is -2.03. The summed E-state index contributed by atoms with van der Waals surface area (Å²) in [5.74, 6) is 1.83. The molecule has 0 saturated heterocycles. The van der Waals surface area contributed by atoms with Crippen molar-refractivity contribution in [3.05, 3.63) is 71.5 Å². The van der Waals surface area contributed by atoms with Crippen molar-refractivity contribution < 1.29 is 4.74 Å². The molecule has 3 N–H and O–H groups in total. The van der Waals surface area contributed by atoms with E-state index >= 15 is 0 Å². The van der Waals surface area contributed by atoms with Gasteiger partial charge in [0.15, 0.2) is 5.82 Å². The number of ether oxygens (including phenoxy) is 1. The summed E-state index contributed by atoms with van der Waals surface area (Å²) < 4.78 is 7.89. The van der Waals surface area contributed by atoms with Crippen LogP contribution in [0.3, 0.4) is 0 Å². The number of benzene rings is 2. The van der Waals surface area contributed by atoms with E-state index in [2.05, 4.69) is 44.7 Å². The van der Waals surface area contributed by atoms with Crippen molar-refractivity contribution in [3.63, 3.8) is 0 Å². The maximum atomic E-state index is 6.44. The zero-order chi connectivity index (χ0) is 21.7. The first-order valence-corrected chi connectivity index (χ1v) is 11.2. The summed E-state index contributed by atoms with van der Waals surface area (Å²) in [4.78, 5) is 2.14. The maximum Gasteiger partial charge on any atom is 0.227 e. The van der Waals surface area contributed by atoms with Crippen molar-refractivity contribution in [2.75, 3.05) is 12.3 Å². The van der Waals surface area contributed by atoms with Crippen molar-refractivity contribution >= 4 is 28.9 Å². The van der Waals surface area contributed by atoms with Gasteiger partial charge in [0.05, 0.1) is 28.4 Å². The summed E-state index contributed by atoms with van der Waals surface area (Å²) in [7, 11) is 0. The molecule has 158 valence electrons. The SMILES string of the molecule is Nc1nnc(-c2cc3c(s2)-c2ccc(-c4cn[nH]c4)cc2OCC3)n1-c1ccccc1Cl. The summed E-state index contributed by atoms with van der Waals surface area (Å²) in [6.45, 7) is 0.602. The fourth-order valence-electron chi connectivity index (χ4n) is 3.97. The first-order valence-electron chi connectivity index (χ1n) is 10.0. The van der Waals surface area contributed by atoms with Gasteiger partial charge in [-0.15, -0.1) is 21.5 Å². The molecular formula is C23H17ClN6OS. The Balaban J connectivity index is 1.47. The largest absolute Gasteiger partial charge is 0.493 e. The number of halogens is 1. The number of hydrogen-bond donors (Lipinski definition) is 2. The third-order valence-corrected chi connectivity index (χ3v) is 7.02. The summed E-state index contributed by atoms with van der Waals surface area (Å²) >= 11 is 8.10. The van der Waals surface area contributed by atoms with Gasteiger partial charge < -0.3 is 10.5 Å². The van der Waals surface area contributed by atoms with Gasteiger partial charge in [0, 0.05) is 28.6 Å². The van der Waals surface area contributed by atoms with E-state index in [4.69, 9.17) is 22.1 Å². The molecule has 0 spiro atoms. The van der Waals surface area contributed by atoms with Crippen LogP contribution in [0.25, 0.3) is 38.0 Å². The van der Waals surface area contributed by atoms with Gasteiger partial charge in [0.25, 0.3) is 0 Å². The smallest absolute Gasteiger partial charge is 0.227 e.